The maximum atomic E-state index is 12.7. The summed E-state index contributed by atoms with van der Waals surface area (Å²) in [4.78, 5) is 12.2. The minimum atomic E-state index is -3.00. The van der Waals surface area contributed by atoms with Crippen LogP contribution < -0.4 is 20.1 Å². The lowest BCUT2D eigenvalue weighted by molar-refractivity contribution is -0.0520. The second kappa shape index (κ2) is 6.12. The molecule has 0 aliphatic carbocycles. The van der Waals surface area contributed by atoms with Crippen LogP contribution in [0.4, 0.5) is 14.5 Å². The fourth-order valence-electron chi connectivity index (χ4n) is 2.50. The number of halogens is 2. The molecule has 23 heavy (non-hydrogen) atoms. The largest absolute Gasteiger partial charge is 0.493 e. The third-order valence-electron chi connectivity index (χ3n) is 3.49. The standard InChI is InChI=1S/C16H14F2N2O3/c1-22-12-8-4-6-10(13(12)23-16(17)18)14-19-11-7-3-2-5-9(11)15(21)20-14/h2-8,14,16,19H,1H3,(H,20,21)/t14-/m0/s1. The van der Waals surface area contributed by atoms with Crippen molar-refractivity contribution in [3.05, 3.63) is 53.6 Å². The molecule has 0 bridgehead atoms. The number of hydrogen-bond acceptors (Lipinski definition) is 4. The Bertz CT molecular complexity index is 737. The van der Waals surface area contributed by atoms with Crippen molar-refractivity contribution in [2.45, 2.75) is 12.8 Å². The van der Waals surface area contributed by atoms with E-state index in [2.05, 4.69) is 15.4 Å². The average molecular weight is 320 g/mol. The fraction of sp³-hybridized carbons (Fsp3) is 0.188. The van der Waals surface area contributed by atoms with Gasteiger partial charge in [0.1, 0.15) is 6.17 Å². The summed E-state index contributed by atoms with van der Waals surface area (Å²) in [7, 11) is 1.36. The second-order valence-electron chi connectivity index (χ2n) is 4.85. The minimum absolute atomic E-state index is 0.109. The van der Waals surface area contributed by atoms with Gasteiger partial charge in [-0.3, -0.25) is 4.79 Å². The van der Waals surface area contributed by atoms with Crippen LogP contribution in [-0.2, 0) is 0 Å². The van der Waals surface area contributed by atoms with Crippen LogP contribution in [0.15, 0.2) is 42.5 Å². The van der Waals surface area contributed by atoms with Gasteiger partial charge in [0.2, 0.25) is 0 Å². The molecule has 2 aromatic carbocycles. The van der Waals surface area contributed by atoms with Crippen LogP contribution in [0.1, 0.15) is 22.1 Å². The topological polar surface area (TPSA) is 59.6 Å². The molecule has 0 saturated carbocycles. The summed E-state index contributed by atoms with van der Waals surface area (Å²) in [5.41, 5.74) is 1.46. The third kappa shape index (κ3) is 2.90. The van der Waals surface area contributed by atoms with E-state index >= 15 is 0 Å². The highest BCUT2D eigenvalue weighted by atomic mass is 19.3. The van der Waals surface area contributed by atoms with Gasteiger partial charge < -0.3 is 20.1 Å². The van der Waals surface area contributed by atoms with Crippen molar-refractivity contribution in [2.75, 3.05) is 12.4 Å². The molecule has 1 aliphatic rings. The number of para-hydroxylation sites is 2. The number of anilines is 1. The summed E-state index contributed by atoms with van der Waals surface area (Å²) in [5.74, 6) is -0.241. The molecule has 0 spiro atoms. The Balaban J connectivity index is 2.01. The first kappa shape index (κ1) is 15.1. The molecule has 1 atom stereocenters. The van der Waals surface area contributed by atoms with E-state index in [9.17, 15) is 13.6 Å². The van der Waals surface area contributed by atoms with Crippen molar-refractivity contribution >= 4 is 11.6 Å². The highest BCUT2D eigenvalue weighted by Crippen LogP contribution is 2.38. The molecule has 1 amide bonds. The smallest absolute Gasteiger partial charge is 0.387 e. The summed E-state index contributed by atoms with van der Waals surface area (Å²) in [6, 6.07) is 11.7. The first-order valence-electron chi connectivity index (χ1n) is 6.88. The maximum Gasteiger partial charge on any atom is 0.387 e. The molecule has 0 aromatic heterocycles. The van der Waals surface area contributed by atoms with Gasteiger partial charge in [-0.2, -0.15) is 8.78 Å². The summed E-state index contributed by atoms with van der Waals surface area (Å²) < 4.78 is 35.1. The SMILES string of the molecule is COc1cccc([C@@H]2NC(=O)c3ccccc3N2)c1OC(F)F. The van der Waals surface area contributed by atoms with E-state index in [4.69, 9.17) is 4.74 Å². The molecule has 1 aliphatic heterocycles. The number of methoxy groups -OCH3 is 1. The van der Waals surface area contributed by atoms with Crippen LogP contribution in [0.3, 0.4) is 0 Å². The van der Waals surface area contributed by atoms with Crippen molar-refractivity contribution in [1.29, 1.82) is 0 Å². The van der Waals surface area contributed by atoms with Gasteiger partial charge in [-0.1, -0.05) is 24.3 Å². The molecule has 0 saturated heterocycles. The van der Waals surface area contributed by atoms with E-state index < -0.39 is 12.8 Å². The zero-order valence-electron chi connectivity index (χ0n) is 12.2. The number of rotatable bonds is 4. The Labute approximate surface area is 131 Å². The lowest BCUT2D eigenvalue weighted by atomic mass is 10.0. The number of amides is 1. The van der Waals surface area contributed by atoms with Gasteiger partial charge in [0.05, 0.1) is 12.7 Å². The Hall–Kier alpha value is -2.83. The summed E-state index contributed by atoms with van der Waals surface area (Å²) in [6.45, 7) is -3.00. The molecular weight excluding hydrogens is 306 g/mol. The number of carbonyl (C=O) groups is 1. The molecule has 7 heteroatoms. The van der Waals surface area contributed by atoms with Gasteiger partial charge in [-0.15, -0.1) is 0 Å². The molecule has 3 rings (SSSR count). The second-order valence-corrected chi connectivity index (χ2v) is 4.85. The summed E-state index contributed by atoms with van der Waals surface area (Å²) >= 11 is 0. The van der Waals surface area contributed by atoms with E-state index in [0.717, 1.165) is 0 Å². The van der Waals surface area contributed by atoms with Gasteiger partial charge in [-0.05, 0) is 18.2 Å². The van der Waals surface area contributed by atoms with E-state index in [1.54, 1.807) is 36.4 Å². The van der Waals surface area contributed by atoms with Gasteiger partial charge in [0.15, 0.2) is 11.5 Å². The van der Waals surface area contributed by atoms with Gasteiger partial charge in [0, 0.05) is 11.3 Å². The van der Waals surface area contributed by atoms with Crippen molar-refractivity contribution in [3.63, 3.8) is 0 Å². The van der Waals surface area contributed by atoms with Gasteiger partial charge in [-0.25, -0.2) is 0 Å². The maximum absolute atomic E-state index is 12.7. The molecule has 2 N–H and O–H groups in total. The quantitative estimate of drug-likeness (QED) is 0.908. The number of hydrogen-bond donors (Lipinski definition) is 2. The van der Waals surface area contributed by atoms with Crippen LogP contribution in [0.5, 0.6) is 11.5 Å². The summed E-state index contributed by atoms with van der Waals surface area (Å²) in [6.07, 6.45) is -0.707. The zero-order valence-corrected chi connectivity index (χ0v) is 12.2. The molecule has 1 heterocycles. The third-order valence-corrected chi connectivity index (χ3v) is 3.49. The molecule has 2 aromatic rings. The van der Waals surface area contributed by atoms with Crippen molar-refractivity contribution in [3.8, 4) is 11.5 Å². The molecule has 0 unspecified atom stereocenters. The van der Waals surface area contributed by atoms with Crippen molar-refractivity contribution < 1.29 is 23.0 Å². The normalized spacial score (nSPS) is 16.3. The van der Waals surface area contributed by atoms with E-state index in [1.165, 1.54) is 13.2 Å². The van der Waals surface area contributed by atoms with Crippen molar-refractivity contribution in [2.24, 2.45) is 0 Å². The first-order chi connectivity index (χ1) is 11.1. The van der Waals surface area contributed by atoms with Gasteiger partial charge >= 0.3 is 6.61 Å². The average Bonchev–Trinajstić information content (AvgIpc) is 2.54. The number of carbonyl (C=O) groups excluding carboxylic acids is 1. The first-order valence-corrected chi connectivity index (χ1v) is 6.88. The summed E-state index contributed by atoms with van der Waals surface area (Å²) in [5, 5.41) is 5.82. The Kier molecular flexibility index (Phi) is 4.01. The number of nitrogens with one attached hydrogen (secondary N) is 2. The fourth-order valence-corrected chi connectivity index (χ4v) is 2.50. The van der Waals surface area contributed by atoms with Crippen LogP contribution in [0, 0.1) is 0 Å². The monoisotopic (exact) mass is 320 g/mol. The molecule has 120 valence electrons. The Morgan fingerprint density at radius 1 is 1.09 bits per heavy atom. The molecule has 0 radical (unpaired) electrons. The van der Waals surface area contributed by atoms with Crippen LogP contribution in [0.25, 0.3) is 0 Å². The highest BCUT2D eigenvalue weighted by Gasteiger charge is 2.28. The van der Waals surface area contributed by atoms with E-state index in [0.29, 0.717) is 16.8 Å². The van der Waals surface area contributed by atoms with E-state index in [1.807, 2.05) is 0 Å². The predicted molar refractivity (Wildman–Crippen MR) is 79.9 cm³/mol. The molecule has 0 fully saturated rings. The van der Waals surface area contributed by atoms with Crippen LogP contribution >= 0.6 is 0 Å². The Morgan fingerprint density at radius 3 is 2.61 bits per heavy atom. The molecular formula is C16H14F2N2O3. The Morgan fingerprint density at radius 2 is 1.87 bits per heavy atom. The number of benzene rings is 2. The van der Waals surface area contributed by atoms with Gasteiger partial charge in [0.25, 0.3) is 5.91 Å². The van der Waals surface area contributed by atoms with Crippen LogP contribution in [-0.4, -0.2) is 19.6 Å². The number of alkyl halides is 2. The lowest BCUT2D eigenvalue weighted by Gasteiger charge is -2.29. The van der Waals surface area contributed by atoms with Crippen molar-refractivity contribution in [1.82, 2.24) is 5.32 Å². The predicted octanol–water partition coefficient (Wildman–Crippen LogP) is 3.15. The zero-order chi connectivity index (χ0) is 16.4. The number of ether oxygens (including phenoxy) is 2. The highest BCUT2D eigenvalue weighted by molar-refractivity contribution is 6.01. The number of fused-ring (bicyclic) bond motifs is 1. The van der Waals surface area contributed by atoms with E-state index in [-0.39, 0.29) is 17.4 Å². The minimum Gasteiger partial charge on any atom is -0.493 e. The lowest BCUT2D eigenvalue weighted by Crippen LogP contribution is -2.38. The van der Waals surface area contributed by atoms with Crippen LogP contribution in [0.2, 0.25) is 0 Å². The molecule has 5 nitrogen and oxygen atoms in total.